The van der Waals surface area contributed by atoms with Crippen LogP contribution in [-0.2, 0) is 17.8 Å². The first-order chi connectivity index (χ1) is 12.7. The van der Waals surface area contributed by atoms with Crippen molar-refractivity contribution in [2.45, 2.75) is 44.7 Å². The van der Waals surface area contributed by atoms with Gasteiger partial charge in [-0.05, 0) is 36.5 Å². The minimum Gasteiger partial charge on any atom is -0.357 e. The van der Waals surface area contributed by atoms with Crippen LogP contribution in [0.3, 0.4) is 0 Å². The highest BCUT2D eigenvalue weighted by Crippen LogP contribution is 2.17. The van der Waals surface area contributed by atoms with Crippen LogP contribution >= 0.6 is 0 Å². The number of aromatic nitrogens is 1. The van der Waals surface area contributed by atoms with Crippen molar-refractivity contribution in [3.63, 3.8) is 0 Å². The number of carbonyl (C=O) groups is 1. The van der Waals surface area contributed by atoms with Crippen LogP contribution in [0, 0.1) is 0 Å². The topological polar surface area (TPSA) is 71.2 Å². The van der Waals surface area contributed by atoms with Gasteiger partial charge in [0.1, 0.15) is 5.82 Å². The molecule has 5 heteroatoms. The van der Waals surface area contributed by atoms with Gasteiger partial charge in [0, 0.05) is 25.8 Å². The van der Waals surface area contributed by atoms with E-state index in [4.69, 9.17) is 5.73 Å². The summed E-state index contributed by atoms with van der Waals surface area (Å²) in [5.41, 5.74) is 8.07. The number of pyridine rings is 1. The van der Waals surface area contributed by atoms with Crippen LogP contribution in [0.1, 0.15) is 36.8 Å². The summed E-state index contributed by atoms with van der Waals surface area (Å²) in [6.45, 7) is 2.61. The Morgan fingerprint density at radius 2 is 1.77 bits per heavy atom. The maximum absolute atomic E-state index is 12.2. The lowest BCUT2D eigenvalue weighted by Gasteiger charge is -2.21. The average molecular weight is 352 g/mol. The average Bonchev–Trinajstić information content (AvgIpc) is 2.97. The third-order valence-electron chi connectivity index (χ3n) is 4.84. The molecule has 2 aromatic rings. The fourth-order valence-electron chi connectivity index (χ4n) is 3.29. The Hall–Kier alpha value is -2.40. The van der Waals surface area contributed by atoms with Crippen molar-refractivity contribution in [3.8, 4) is 0 Å². The molecule has 3 N–H and O–H groups in total. The summed E-state index contributed by atoms with van der Waals surface area (Å²) in [5, 5.41) is 2.91. The monoisotopic (exact) mass is 352 g/mol. The van der Waals surface area contributed by atoms with E-state index in [2.05, 4.69) is 21.3 Å². The van der Waals surface area contributed by atoms with Gasteiger partial charge in [-0.25, -0.2) is 4.98 Å². The van der Waals surface area contributed by atoms with E-state index in [0.717, 1.165) is 30.0 Å². The zero-order chi connectivity index (χ0) is 18.2. The van der Waals surface area contributed by atoms with Crippen LogP contribution in [0.2, 0.25) is 0 Å². The number of benzene rings is 1. The molecule has 3 rings (SSSR count). The van der Waals surface area contributed by atoms with Gasteiger partial charge in [0.05, 0.1) is 6.04 Å². The number of rotatable bonds is 6. The van der Waals surface area contributed by atoms with E-state index in [9.17, 15) is 4.79 Å². The van der Waals surface area contributed by atoms with Gasteiger partial charge in [0.2, 0.25) is 5.91 Å². The summed E-state index contributed by atoms with van der Waals surface area (Å²) in [6, 6.07) is 13.4. The van der Waals surface area contributed by atoms with Gasteiger partial charge >= 0.3 is 0 Å². The first-order valence-electron chi connectivity index (χ1n) is 9.49. The summed E-state index contributed by atoms with van der Waals surface area (Å²) >= 11 is 0. The summed E-state index contributed by atoms with van der Waals surface area (Å²) < 4.78 is 0. The highest BCUT2D eigenvalue weighted by molar-refractivity contribution is 5.81. The number of hydrogen-bond donors (Lipinski definition) is 2. The number of nitrogens with zero attached hydrogens (tertiary/aromatic N) is 2. The fourth-order valence-corrected chi connectivity index (χ4v) is 3.29. The second-order valence-electron chi connectivity index (χ2n) is 6.94. The molecule has 26 heavy (non-hydrogen) atoms. The Balaban J connectivity index is 1.48. The molecule has 1 atom stereocenters. The van der Waals surface area contributed by atoms with E-state index in [1.165, 1.54) is 25.7 Å². The van der Waals surface area contributed by atoms with Crippen molar-refractivity contribution < 1.29 is 4.79 Å². The zero-order valence-electron chi connectivity index (χ0n) is 15.2. The molecule has 1 saturated heterocycles. The van der Waals surface area contributed by atoms with E-state index in [-0.39, 0.29) is 5.91 Å². The molecule has 5 nitrogen and oxygen atoms in total. The van der Waals surface area contributed by atoms with Crippen molar-refractivity contribution in [3.05, 3.63) is 59.8 Å². The fraction of sp³-hybridized carbons (Fsp3) is 0.429. The van der Waals surface area contributed by atoms with E-state index >= 15 is 0 Å². The molecule has 1 unspecified atom stereocenters. The molecule has 0 radical (unpaired) electrons. The molecule has 1 aliphatic rings. The molecule has 0 aliphatic carbocycles. The van der Waals surface area contributed by atoms with Crippen molar-refractivity contribution in [2.75, 3.05) is 18.0 Å². The lowest BCUT2D eigenvalue weighted by molar-refractivity contribution is -0.122. The second-order valence-corrected chi connectivity index (χ2v) is 6.94. The summed E-state index contributed by atoms with van der Waals surface area (Å²) in [7, 11) is 0. The summed E-state index contributed by atoms with van der Waals surface area (Å²) in [5.74, 6) is 0.896. The van der Waals surface area contributed by atoms with Gasteiger partial charge in [-0.3, -0.25) is 4.79 Å². The smallest absolute Gasteiger partial charge is 0.237 e. The predicted molar refractivity (Wildman–Crippen MR) is 105 cm³/mol. The number of nitrogens with two attached hydrogens (primary N) is 1. The number of hydrogen-bond acceptors (Lipinski definition) is 4. The molecule has 0 spiro atoms. The molecule has 138 valence electrons. The van der Waals surface area contributed by atoms with Gasteiger partial charge in [-0.15, -0.1) is 0 Å². The SMILES string of the molecule is NC(Cc1ccccc1)C(=O)NCc1ccc(N2CCCCCC2)nc1. The molecule has 1 fully saturated rings. The third-order valence-corrected chi connectivity index (χ3v) is 4.84. The maximum atomic E-state index is 12.2. The number of amides is 1. The Morgan fingerprint density at radius 1 is 1.04 bits per heavy atom. The van der Waals surface area contributed by atoms with Gasteiger partial charge in [0.15, 0.2) is 0 Å². The largest absolute Gasteiger partial charge is 0.357 e. The summed E-state index contributed by atoms with van der Waals surface area (Å²) in [4.78, 5) is 19.1. The molecule has 0 bridgehead atoms. The Bertz CT molecular complexity index is 679. The lowest BCUT2D eigenvalue weighted by atomic mass is 10.1. The van der Waals surface area contributed by atoms with Crippen LogP contribution in [0.25, 0.3) is 0 Å². The first kappa shape index (κ1) is 18.4. The molecular formula is C21H28N4O. The van der Waals surface area contributed by atoms with Gasteiger partial charge < -0.3 is 16.0 Å². The summed E-state index contributed by atoms with van der Waals surface area (Å²) in [6.07, 6.45) is 7.48. The Labute approximate surface area is 155 Å². The minimum atomic E-state index is -0.540. The van der Waals surface area contributed by atoms with Crippen molar-refractivity contribution in [2.24, 2.45) is 5.73 Å². The van der Waals surface area contributed by atoms with E-state index in [0.29, 0.717) is 13.0 Å². The van der Waals surface area contributed by atoms with Crippen molar-refractivity contribution in [1.29, 1.82) is 0 Å². The number of carbonyl (C=O) groups excluding carboxylic acids is 1. The van der Waals surface area contributed by atoms with Crippen LogP contribution in [0.4, 0.5) is 5.82 Å². The molecule has 2 heterocycles. The van der Waals surface area contributed by atoms with E-state index in [1.807, 2.05) is 42.6 Å². The quantitative estimate of drug-likeness (QED) is 0.838. The molecule has 1 aliphatic heterocycles. The van der Waals surface area contributed by atoms with Gasteiger partial charge in [0.25, 0.3) is 0 Å². The van der Waals surface area contributed by atoms with Crippen molar-refractivity contribution >= 4 is 11.7 Å². The lowest BCUT2D eigenvalue weighted by Crippen LogP contribution is -2.41. The maximum Gasteiger partial charge on any atom is 0.237 e. The van der Waals surface area contributed by atoms with Crippen molar-refractivity contribution in [1.82, 2.24) is 10.3 Å². The predicted octanol–water partition coefficient (Wildman–Crippen LogP) is 2.65. The normalized spacial score (nSPS) is 16.0. The molecular weight excluding hydrogens is 324 g/mol. The minimum absolute atomic E-state index is 0.134. The number of anilines is 1. The zero-order valence-corrected chi connectivity index (χ0v) is 15.2. The Morgan fingerprint density at radius 3 is 2.42 bits per heavy atom. The first-order valence-corrected chi connectivity index (χ1v) is 9.49. The highest BCUT2D eigenvalue weighted by Gasteiger charge is 2.14. The van der Waals surface area contributed by atoms with Gasteiger partial charge in [-0.1, -0.05) is 49.2 Å². The second kappa shape index (κ2) is 9.34. The van der Waals surface area contributed by atoms with E-state index < -0.39 is 6.04 Å². The molecule has 1 amide bonds. The van der Waals surface area contributed by atoms with Crippen LogP contribution < -0.4 is 16.0 Å². The standard InChI is InChI=1S/C21H28N4O/c22-19(14-17-8-4-3-5-9-17)21(26)24-16-18-10-11-20(23-15-18)25-12-6-1-2-7-13-25/h3-5,8-11,15,19H,1-2,6-7,12-14,16,22H2,(H,24,26). The molecule has 1 aromatic heterocycles. The van der Waals surface area contributed by atoms with Crippen LogP contribution in [-0.4, -0.2) is 30.0 Å². The number of nitrogens with one attached hydrogen (secondary N) is 1. The Kier molecular flexibility index (Phi) is 6.61. The van der Waals surface area contributed by atoms with Crippen LogP contribution in [0.15, 0.2) is 48.7 Å². The third kappa shape index (κ3) is 5.30. The highest BCUT2D eigenvalue weighted by atomic mass is 16.2. The van der Waals surface area contributed by atoms with Gasteiger partial charge in [-0.2, -0.15) is 0 Å². The molecule has 1 aromatic carbocycles. The van der Waals surface area contributed by atoms with E-state index in [1.54, 1.807) is 0 Å². The molecule has 0 saturated carbocycles. The van der Waals surface area contributed by atoms with Crippen LogP contribution in [0.5, 0.6) is 0 Å².